The summed E-state index contributed by atoms with van der Waals surface area (Å²) in [5, 5.41) is 9.53. The highest BCUT2D eigenvalue weighted by atomic mass is 32.2. The predicted molar refractivity (Wildman–Crippen MR) is 86.2 cm³/mol. The third-order valence-electron chi connectivity index (χ3n) is 3.25. The van der Waals surface area contributed by atoms with Gasteiger partial charge in [-0.2, -0.15) is 5.26 Å². The molecule has 0 spiro atoms. The number of nitrogens with one attached hydrogen (secondary N) is 1. The van der Waals surface area contributed by atoms with Crippen LogP contribution in [0.4, 0.5) is 13.2 Å². The minimum absolute atomic E-state index is 0.122. The highest BCUT2D eigenvalue weighted by Crippen LogP contribution is 2.41. The summed E-state index contributed by atoms with van der Waals surface area (Å²) in [6, 6.07) is 11.1. The van der Waals surface area contributed by atoms with Crippen molar-refractivity contribution in [3.05, 3.63) is 54.0 Å². The molecule has 0 saturated heterocycles. The van der Waals surface area contributed by atoms with Crippen LogP contribution in [0.5, 0.6) is 11.5 Å². The average molecular weight is 348 g/mol. The molecule has 0 amide bonds. The van der Waals surface area contributed by atoms with Crippen LogP contribution in [0.25, 0.3) is 10.9 Å². The molecule has 0 aliphatic heterocycles. The summed E-state index contributed by atoms with van der Waals surface area (Å²) in [7, 11) is 0. The summed E-state index contributed by atoms with van der Waals surface area (Å²) in [5.74, 6) is -0.994. The van der Waals surface area contributed by atoms with Crippen molar-refractivity contribution in [3.8, 4) is 17.6 Å². The van der Waals surface area contributed by atoms with Gasteiger partial charge in [-0.05, 0) is 24.3 Å². The van der Waals surface area contributed by atoms with E-state index in [0.717, 1.165) is 11.8 Å². The molecule has 1 heterocycles. The number of aromatic nitrogens is 1. The Kier molecular flexibility index (Phi) is 4.67. The normalized spacial score (nSPS) is 11.0. The van der Waals surface area contributed by atoms with Crippen LogP contribution in [0, 0.1) is 17.1 Å². The average Bonchev–Trinajstić information content (AvgIpc) is 3.02. The fraction of sp³-hybridized carbons (Fsp3) is 0.118. The standard InChI is InChI=1S/C17H11F3N2OS/c18-13-7-14-12(4-5-22-14)17(24-9-15(19)20)16(13)23-11-3-1-2-10(6-11)8-21/h1-7,15,22H,9H2. The molecule has 0 aliphatic rings. The van der Waals surface area contributed by atoms with E-state index in [1.807, 2.05) is 6.07 Å². The molecule has 24 heavy (non-hydrogen) atoms. The van der Waals surface area contributed by atoms with Gasteiger partial charge in [0, 0.05) is 23.2 Å². The molecule has 2 aromatic carbocycles. The van der Waals surface area contributed by atoms with Gasteiger partial charge in [-0.25, -0.2) is 13.2 Å². The van der Waals surface area contributed by atoms with E-state index in [9.17, 15) is 13.2 Å². The van der Waals surface area contributed by atoms with Gasteiger partial charge in [-0.15, -0.1) is 11.8 Å². The third-order valence-corrected chi connectivity index (χ3v) is 4.37. The zero-order chi connectivity index (χ0) is 17.1. The fourth-order valence-corrected chi connectivity index (χ4v) is 3.15. The quantitative estimate of drug-likeness (QED) is 0.634. The summed E-state index contributed by atoms with van der Waals surface area (Å²) < 4.78 is 45.2. The number of nitriles is 1. The van der Waals surface area contributed by atoms with Gasteiger partial charge >= 0.3 is 0 Å². The van der Waals surface area contributed by atoms with E-state index in [-0.39, 0.29) is 11.5 Å². The molecule has 0 unspecified atom stereocenters. The van der Waals surface area contributed by atoms with Gasteiger partial charge in [0.25, 0.3) is 0 Å². The molecule has 0 fully saturated rings. The van der Waals surface area contributed by atoms with Gasteiger partial charge in [0.1, 0.15) is 5.75 Å². The lowest BCUT2D eigenvalue weighted by molar-refractivity contribution is 0.177. The maximum Gasteiger partial charge on any atom is 0.247 e. The number of halogens is 3. The monoisotopic (exact) mass is 348 g/mol. The largest absolute Gasteiger partial charge is 0.453 e. The van der Waals surface area contributed by atoms with E-state index in [0.29, 0.717) is 21.4 Å². The van der Waals surface area contributed by atoms with Crippen molar-refractivity contribution in [1.82, 2.24) is 4.98 Å². The van der Waals surface area contributed by atoms with Gasteiger partial charge in [-0.3, -0.25) is 0 Å². The number of hydrogen-bond acceptors (Lipinski definition) is 3. The van der Waals surface area contributed by atoms with Crippen molar-refractivity contribution >= 4 is 22.7 Å². The molecule has 0 radical (unpaired) electrons. The Hall–Kier alpha value is -2.59. The maximum atomic E-state index is 14.4. The number of nitrogens with zero attached hydrogens (tertiary/aromatic N) is 1. The Bertz CT molecular complexity index is 918. The Morgan fingerprint density at radius 1 is 1.25 bits per heavy atom. The Labute approximate surface area is 140 Å². The maximum absolute atomic E-state index is 14.4. The molecule has 3 aromatic rings. The van der Waals surface area contributed by atoms with Gasteiger partial charge in [0.2, 0.25) is 6.43 Å². The van der Waals surface area contributed by atoms with Crippen molar-refractivity contribution < 1.29 is 17.9 Å². The van der Waals surface area contributed by atoms with E-state index in [4.69, 9.17) is 10.00 Å². The number of aromatic amines is 1. The van der Waals surface area contributed by atoms with Crippen LogP contribution in [0.1, 0.15) is 5.56 Å². The molecule has 0 saturated carbocycles. The predicted octanol–water partition coefficient (Wildman–Crippen LogP) is 5.33. The van der Waals surface area contributed by atoms with Crippen molar-refractivity contribution in [2.45, 2.75) is 11.3 Å². The van der Waals surface area contributed by atoms with Crippen molar-refractivity contribution in [3.63, 3.8) is 0 Å². The molecule has 0 atom stereocenters. The summed E-state index contributed by atoms with van der Waals surface area (Å²) >= 11 is 0.833. The van der Waals surface area contributed by atoms with Crippen LogP contribution >= 0.6 is 11.8 Å². The summed E-state index contributed by atoms with van der Waals surface area (Å²) in [4.78, 5) is 3.16. The summed E-state index contributed by atoms with van der Waals surface area (Å²) in [5.41, 5.74) is 0.861. The second-order valence-electron chi connectivity index (χ2n) is 4.90. The number of thioether (sulfide) groups is 1. The summed E-state index contributed by atoms with van der Waals surface area (Å²) in [6.07, 6.45) is -0.918. The lowest BCUT2D eigenvalue weighted by Crippen LogP contribution is -1.97. The molecule has 3 nitrogen and oxygen atoms in total. The number of fused-ring (bicyclic) bond motifs is 1. The van der Waals surface area contributed by atoms with Crippen LogP contribution < -0.4 is 4.74 Å². The lowest BCUT2D eigenvalue weighted by Gasteiger charge is -2.13. The van der Waals surface area contributed by atoms with Gasteiger partial charge in [0.15, 0.2) is 11.6 Å². The fourth-order valence-electron chi connectivity index (χ4n) is 2.25. The first-order valence-electron chi connectivity index (χ1n) is 6.97. The number of benzene rings is 2. The van der Waals surface area contributed by atoms with Crippen LogP contribution in [0.3, 0.4) is 0 Å². The zero-order valence-corrected chi connectivity index (χ0v) is 13.0. The molecule has 1 N–H and O–H groups in total. The molecule has 7 heteroatoms. The molecule has 0 bridgehead atoms. The van der Waals surface area contributed by atoms with Crippen molar-refractivity contribution in [1.29, 1.82) is 5.26 Å². The minimum Gasteiger partial charge on any atom is -0.453 e. The number of ether oxygens (including phenoxy) is 1. The molecular weight excluding hydrogens is 337 g/mol. The molecule has 1 aromatic heterocycles. The van der Waals surface area contributed by atoms with E-state index in [1.54, 1.807) is 30.5 Å². The lowest BCUT2D eigenvalue weighted by atomic mass is 10.2. The highest BCUT2D eigenvalue weighted by Gasteiger charge is 2.19. The van der Waals surface area contributed by atoms with Gasteiger partial charge in [0.05, 0.1) is 22.3 Å². The van der Waals surface area contributed by atoms with E-state index in [1.165, 1.54) is 12.1 Å². The minimum atomic E-state index is -2.53. The molecular formula is C17H11F3N2OS. The van der Waals surface area contributed by atoms with Gasteiger partial charge < -0.3 is 9.72 Å². The molecule has 0 aliphatic carbocycles. The molecule has 3 rings (SSSR count). The third kappa shape index (κ3) is 3.34. The van der Waals surface area contributed by atoms with Crippen LogP contribution in [-0.2, 0) is 0 Å². The van der Waals surface area contributed by atoms with E-state index in [2.05, 4.69) is 4.98 Å². The summed E-state index contributed by atoms with van der Waals surface area (Å²) in [6.45, 7) is 0. The zero-order valence-electron chi connectivity index (χ0n) is 12.2. The van der Waals surface area contributed by atoms with Gasteiger partial charge in [-0.1, -0.05) is 6.07 Å². The number of H-pyrrole nitrogens is 1. The first-order chi connectivity index (χ1) is 11.6. The number of alkyl halides is 2. The van der Waals surface area contributed by atoms with E-state index >= 15 is 0 Å². The smallest absolute Gasteiger partial charge is 0.247 e. The Morgan fingerprint density at radius 2 is 2.08 bits per heavy atom. The Morgan fingerprint density at radius 3 is 2.83 bits per heavy atom. The Balaban J connectivity index is 2.06. The SMILES string of the molecule is N#Cc1cccc(Oc2c(F)cc3[nH]ccc3c2SCC(F)F)c1. The second kappa shape index (κ2) is 6.89. The first kappa shape index (κ1) is 16.3. The van der Waals surface area contributed by atoms with Crippen LogP contribution in [0.2, 0.25) is 0 Å². The topological polar surface area (TPSA) is 48.8 Å². The molecule has 122 valence electrons. The van der Waals surface area contributed by atoms with Crippen molar-refractivity contribution in [2.75, 3.05) is 5.75 Å². The second-order valence-corrected chi connectivity index (χ2v) is 5.93. The number of rotatable bonds is 5. The highest BCUT2D eigenvalue weighted by molar-refractivity contribution is 7.99. The van der Waals surface area contributed by atoms with Crippen LogP contribution in [-0.4, -0.2) is 17.2 Å². The van der Waals surface area contributed by atoms with Crippen molar-refractivity contribution in [2.24, 2.45) is 0 Å². The van der Waals surface area contributed by atoms with Crippen LogP contribution in [0.15, 0.2) is 47.5 Å². The number of hydrogen-bond donors (Lipinski definition) is 1. The first-order valence-corrected chi connectivity index (χ1v) is 7.95. The van der Waals surface area contributed by atoms with E-state index < -0.39 is 18.0 Å².